The summed E-state index contributed by atoms with van der Waals surface area (Å²) in [6, 6.07) is 14.1. The summed E-state index contributed by atoms with van der Waals surface area (Å²) < 4.78 is 29.2. The van der Waals surface area contributed by atoms with Crippen LogP contribution in [0.2, 0.25) is 5.02 Å². The number of nitrogens with zero attached hydrogens (tertiary/aromatic N) is 1. The van der Waals surface area contributed by atoms with E-state index in [2.05, 4.69) is 10.2 Å². The van der Waals surface area contributed by atoms with Crippen LogP contribution in [-0.4, -0.2) is 51.7 Å². The molecule has 1 aliphatic rings. The molecule has 0 saturated carbocycles. The van der Waals surface area contributed by atoms with Gasteiger partial charge in [0.15, 0.2) is 9.84 Å². The molecule has 156 valence electrons. The first-order chi connectivity index (χ1) is 13.8. The van der Waals surface area contributed by atoms with Gasteiger partial charge in [0.25, 0.3) is 0 Å². The highest BCUT2D eigenvalue weighted by Gasteiger charge is 2.22. The number of halogens is 1. The van der Waals surface area contributed by atoms with Gasteiger partial charge >= 0.3 is 0 Å². The topological polar surface area (TPSA) is 75.7 Å². The van der Waals surface area contributed by atoms with Crippen LogP contribution >= 0.6 is 11.6 Å². The number of hydrogen-bond acceptors (Lipinski definition) is 5. The van der Waals surface area contributed by atoms with Gasteiger partial charge in [0, 0.05) is 6.26 Å². The van der Waals surface area contributed by atoms with Gasteiger partial charge in [-0.05, 0) is 62.2 Å². The number of rotatable bonds is 7. The lowest BCUT2D eigenvalue weighted by Crippen LogP contribution is -2.40. The van der Waals surface area contributed by atoms with Crippen LogP contribution in [0.1, 0.15) is 12.8 Å². The van der Waals surface area contributed by atoms with Crippen molar-refractivity contribution in [3.05, 3.63) is 53.6 Å². The summed E-state index contributed by atoms with van der Waals surface area (Å²) in [6.07, 6.45) is 3.04. The van der Waals surface area contributed by atoms with E-state index < -0.39 is 9.84 Å². The van der Waals surface area contributed by atoms with Gasteiger partial charge < -0.3 is 10.1 Å². The Morgan fingerprint density at radius 1 is 1.17 bits per heavy atom. The number of carbonyl (C=O) groups excluding carboxylic acids is 1. The molecule has 0 unspecified atom stereocenters. The van der Waals surface area contributed by atoms with Crippen LogP contribution < -0.4 is 10.1 Å². The highest BCUT2D eigenvalue weighted by Crippen LogP contribution is 2.25. The van der Waals surface area contributed by atoms with Crippen molar-refractivity contribution in [2.75, 3.05) is 37.8 Å². The number of carbonyl (C=O) groups is 1. The number of piperidine rings is 1. The van der Waals surface area contributed by atoms with E-state index in [1.807, 2.05) is 30.3 Å². The number of nitrogens with one attached hydrogen (secondary N) is 1. The molecule has 1 N–H and O–H groups in total. The second-order valence-electron chi connectivity index (χ2n) is 7.31. The monoisotopic (exact) mass is 436 g/mol. The van der Waals surface area contributed by atoms with Crippen molar-refractivity contribution in [3.63, 3.8) is 0 Å². The Labute approximate surface area is 176 Å². The van der Waals surface area contributed by atoms with Crippen molar-refractivity contribution in [1.29, 1.82) is 0 Å². The van der Waals surface area contributed by atoms with Crippen LogP contribution in [0.15, 0.2) is 53.4 Å². The first-order valence-corrected chi connectivity index (χ1v) is 11.8. The zero-order valence-corrected chi connectivity index (χ0v) is 17.9. The van der Waals surface area contributed by atoms with E-state index >= 15 is 0 Å². The molecule has 29 heavy (non-hydrogen) atoms. The number of ether oxygens (including phenoxy) is 1. The maximum atomic E-state index is 12.4. The molecule has 0 spiro atoms. The van der Waals surface area contributed by atoms with Gasteiger partial charge in [-0.1, -0.05) is 29.8 Å². The van der Waals surface area contributed by atoms with E-state index in [9.17, 15) is 13.2 Å². The van der Waals surface area contributed by atoms with E-state index in [1.165, 1.54) is 18.2 Å². The van der Waals surface area contributed by atoms with Crippen LogP contribution in [0, 0.1) is 5.92 Å². The molecular weight excluding hydrogens is 412 g/mol. The molecule has 0 bridgehead atoms. The summed E-state index contributed by atoms with van der Waals surface area (Å²) in [5.74, 6) is 1.13. The Hall–Kier alpha value is -2.09. The second kappa shape index (κ2) is 9.61. The predicted octanol–water partition coefficient (Wildman–Crippen LogP) is 3.47. The second-order valence-corrected chi connectivity index (χ2v) is 9.73. The molecule has 0 radical (unpaired) electrons. The molecule has 1 saturated heterocycles. The minimum Gasteiger partial charge on any atom is -0.493 e. The summed E-state index contributed by atoms with van der Waals surface area (Å²) in [5, 5.41) is 3.03. The molecule has 1 amide bonds. The van der Waals surface area contributed by atoms with Crippen molar-refractivity contribution in [3.8, 4) is 5.75 Å². The highest BCUT2D eigenvalue weighted by molar-refractivity contribution is 7.90. The number of anilines is 1. The Morgan fingerprint density at radius 3 is 2.52 bits per heavy atom. The fourth-order valence-corrected chi connectivity index (χ4v) is 4.08. The molecule has 8 heteroatoms. The van der Waals surface area contributed by atoms with Crippen molar-refractivity contribution in [1.82, 2.24) is 4.90 Å². The Kier molecular flexibility index (Phi) is 7.16. The van der Waals surface area contributed by atoms with Gasteiger partial charge in [-0.3, -0.25) is 9.69 Å². The first kappa shape index (κ1) is 21.6. The maximum Gasteiger partial charge on any atom is 0.238 e. The summed E-state index contributed by atoms with van der Waals surface area (Å²) in [6.45, 7) is 2.55. The highest BCUT2D eigenvalue weighted by atomic mass is 35.5. The van der Waals surface area contributed by atoms with Crippen LogP contribution in [0.5, 0.6) is 5.75 Å². The van der Waals surface area contributed by atoms with Gasteiger partial charge in [0.05, 0.1) is 28.8 Å². The van der Waals surface area contributed by atoms with Gasteiger partial charge in [-0.25, -0.2) is 8.42 Å². The summed E-state index contributed by atoms with van der Waals surface area (Å²) in [5.41, 5.74) is 0.311. The van der Waals surface area contributed by atoms with Gasteiger partial charge in [0.2, 0.25) is 5.91 Å². The Balaban J connectivity index is 1.46. The fraction of sp³-hybridized carbons (Fsp3) is 0.381. The molecule has 1 fully saturated rings. The average Bonchev–Trinajstić information content (AvgIpc) is 2.69. The van der Waals surface area contributed by atoms with E-state index in [-0.39, 0.29) is 17.3 Å². The normalized spacial score (nSPS) is 15.8. The van der Waals surface area contributed by atoms with Gasteiger partial charge in [0.1, 0.15) is 5.75 Å². The van der Waals surface area contributed by atoms with Crippen LogP contribution in [0.25, 0.3) is 0 Å². The molecule has 0 aromatic heterocycles. The number of sulfone groups is 1. The zero-order chi connectivity index (χ0) is 20.9. The van der Waals surface area contributed by atoms with E-state index in [0.29, 0.717) is 23.2 Å². The summed E-state index contributed by atoms with van der Waals surface area (Å²) >= 11 is 6.10. The Morgan fingerprint density at radius 2 is 1.86 bits per heavy atom. The third-order valence-electron chi connectivity index (χ3n) is 4.94. The van der Waals surface area contributed by atoms with Crippen LogP contribution in [-0.2, 0) is 14.6 Å². The standard InChI is InChI=1S/C21H25ClN2O4S/c1-29(26,27)18-7-8-19(22)20(13-18)23-21(25)14-24-11-9-16(10-12-24)15-28-17-5-3-2-4-6-17/h2-8,13,16H,9-12,14-15H2,1H3,(H,23,25). The van der Waals surface area contributed by atoms with Crippen molar-refractivity contribution in [2.24, 2.45) is 5.92 Å². The number of amides is 1. The Bertz CT molecular complexity index is 942. The maximum absolute atomic E-state index is 12.4. The lowest BCUT2D eigenvalue weighted by atomic mass is 9.98. The largest absolute Gasteiger partial charge is 0.493 e. The van der Waals surface area contributed by atoms with Gasteiger partial charge in [-0.2, -0.15) is 0 Å². The average molecular weight is 437 g/mol. The van der Waals surface area contributed by atoms with Crippen LogP contribution in [0.4, 0.5) is 5.69 Å². The molecule has 1 heterocycles. The number of hydrogen-bond donors (Lipinski definition) is 1. The third kappa shape index (κ3) is 6.45. The van der Waals surface area contributed by atoms with Crippen molar-refractivity contribution < 1.29 is 17.9 Å². The smallest absolute Gasteiger partial charge is 0.238 e. The SMILES string of the molecule is CS(=O)(=O)c1ccc(Cl)c(NC(=O)CN2CCC(COc3ccccc3)CC2)c1. The number of benzene rings is 2. The molecule has 1 aliphatic heterocycles. The lowest BCUT2D eigenvalue weighted by Gasteiger charge is -2.31. The minimum atomic E-state index is -3.37. The molecular formula is C21H25ClN2O4S. The fourth-order valence-electron chi connectivity index (χ4n) is 3.27. The number of likely N-dealkylation sites (tertiary alicyclic amines) is 1. The minimum absolute atomic E-state index is 0.122. The van der Waals surface area contributed by atoms with E-state index in [0.717, 1.165) is 37.9 Å². The van der Waals surface area contributed by atoms with Crippen LogP contribution in [0.3, 0.4) is 0 Å². The molecule has 2 aromatic rings. The predicted molar refractivity (Wildman–Crippen MR) is 114 cm³/mol. The van der Waals surface area contributed by atoms with Gasteiger partial charge in [-0.15, -0.1) is 0 Å². The molecule has 0 atom stereocenters. The lowest BCUT2D eigenvalue weighted by molar-refractivity contribution is -0.117. The molecule has 0 aliphatic carbocycles. The zero-order valence-electron chi connectivity index (χ0n) is 16.3. The molecule has 2 aromatic carbocycles. The van der Waals surface area contributed by atoms with E-state index in [1.54, 1.807) is 0 Å². The number of para-hydroxylation sites is 1. The summed E-state index contributed by atoms with van der Waals surface area (Å²) in [4.78, 5) is 14.6. The summed E-state index contributed by atoms with van der Waals surface area (Å²) in [7, 11) is -3.37. The molecule has 3 rings (SSSR count). The third-order valence-corrected chi connectivity index (χ3v) is 6.38. The first-order valence-electron chi connectivity index (χ1n) is 9.51. The van der Waals surface area contributed by atoms with Crippen molar-refractivity contribution in [2.45, 2.75) is 17.7 Å². The van der Waals surface area contributed by atoms with Crippen molar-refractivity contribution >= 4 is 33.0 Å². The molecule has 6 nitrogen and oxygen atoms in total. The van der Waals surface area contributed by atoms with E-state index in [4.69, 9.17) is 16.3 Å². The quantitative estimate of drug-likeness (QED) is 0.719.